The molecule has 7 heteroatoms. The van der Waals surface area contributed by atoms with E-state index in [1.54, 1.807) is 10.9 Å². The molecule has 5 nitrogen and oxygen atoms in total. The molecule has 114 valence electrons. The number of nitrogens with one attached hydrogen (secondary N) is 1. The molecule has 3 rings (SSSR count). The Kier molecular flexibility index (Phi) is 6.30. The molecule has 2 fully saturated rings. The number of piperidine rings is 1. The van der Waals surface area contributed by atoms with Crippen molar-refractivity contribution >= 4 is 30.7 Å². The minimum atomic E-state index is -0.189. The molecule has 1 N–H and O–H groups in total. The van der Waals surface area contributed by atoms with Crippen molar-refractivity contribution in [1.82, 2.24) is 20.0 Å². The molecule has 0 aromatic carbocycles. The van der Waals surface area contributed by atoms with Crippen molar-refractivity contribution in [2.45, 2.75) is 19.4 Å². The molecule has 20 heavy (non-hydrogen) atoms. The van der Waals surface area contributed by atoms with E-state index in [9.17, 15) is 4.79 Å². The van der Waals surface area contributed by atoms with Crippen LogP contribution in [0.1, 0.15) is 19.4 Å². The van der Waals surface area contributed by atoms with Crippen molar-refractivity contribution in [2.24, 2.45) is 11.8 Å². The Balaban J connectivity index is 0.000001000. The first kappa shape index (κ1) is 17.3. The molecular formula is C13H22Cl2N4O. The highest BCUT2D eigenvalue weighted by molar-refractivity contribution is 5.85. The number of likely N-dealkylation sites (tertiary alicyclic amines) is 1. The lowest BCUT2D eigenvalue weighted by Gasteiger charge is -2.35. The SMILES string of the molecule is CC(C(=O)N1CCC2CNCC2C1)n1cccn1.Cl.Cl. The molecule has 2 aliphatic rings. The predicted molar refractivity (Wildman–Crippen MR) is 82.5 cm³/mol. The molecule has 3 atom stereocenters. The zero-order chi connectivity index (χ0) is 12.5. The molecule has 1 aromatic heterocycles. The van der Waals surface area contributed by atoms with E-state index in [0.717, 1.165) is 38.5 Å². The first-order valence-electron chi connectivity index (χ1n) is 6.74. The third kappa shape index (κ3) is 3.27. The van der Waals surface area contributed by atoms with Gasteiger partial charge in [0.15, 0.2) is 0 Å². The molecular weight excluding hydrogens is 299 g/mol. The van der Waals surface area contributed by atoms with Crippen molar-refractivity contribution in [3.8, 4) is 0 Å². The molecule has 1 aromatic rings. The highest BCUT2D eigenvalue weighted by Gasteiger charge is 2.35. The minimum Gasteiger partial charge on any atom is -0.341 e. The van der Waals surface area contributed by atoms with Gasteiger partial charge in [-0.25, -0.2) is 0 Å². The van der Waals surface area contributed by atoms with Gasteiger partial charge in [-0.3, -0.25) is 9.48 Å². The lowest BCUT2D eigenvalue weighted by atomic mass is 9.88. The van der Waals surface area contributed by atoms with E-state index in [0.29, 0.717) is 5.92 Å². The summed E-state index contributed by atoms with van der Waals surface area (Å²) >= 11 is 0. The lowest BCUT2D eigenvalue weighted by molar-refractivity contribution is -0.136. The second-order valence-electron chi connectivity index (χ2n) is 5.41. The van der Waals surface area contributed by atoms with Gasteiger partial charge >= 0.3 is 0 Å². The van der Waals surface area contributed by atoms with Gasteiger partial charge in [-0.2, -0.15) is 5.10 Å². The molecule has 2 aliphatic heterocycles. The largest absolute Gasteiger partial charge is 0.341 e. The van der Waals surface area contributed by atoms with E-state index >= 15 is 0 Å². The minimum absolute atomic E-state index is 0. The van der Waals surface area contributed by atoms with Crippen LogP contribution in [-0.4, -0.2) is 46.8 Å². The molecule has 2 saturated heterocycles. The van der Waals surface area contributed by atoms with Crippen LogP contribution in [0.2, 0.25) is 0 Å². The van der Waals surface area contributed by atoms with Crippen molar-refractivity contribution in [2.75, 3.05) is 26.2 Å². The zero-order valence-electron chi connectivity index (χ0n) is 11.6. The topological polar surface area (TPSA) is 50.2 Å². The Morgan fingerprint density at radius 1 is 1.35 bits per heavy atom. The van der Waals surface area contributed by atoms with Crippen molar-refractivity contribution in [3.05, 3.63) is 18.5 Å². The summed E-state index contributed by atoms with van der Waals surface area (Å²) in [6, 6.07) is 1.67. The second-order valence-corrected chi connectivity index (χ2v) is 5.41. The zero-order valence-corrected chi connectivity index (χ0v) is 13.2. The van der Waals surface area contributed by atoms with Gasteiger partial charge in [-0.1, -0.05) is 0 Å². The van der Waals surface area contributed by atoms with Crippen molar-refractivity contribution in [3.63, 3.8) is 0 Å². The molecule has 0 saturated carbocycles. The maximum atomic E-state index is 12.4. The number of amides is 1. The quantitative estimate of drug-likeness (QED) is 0.895. The number of halogens is 2. The van der Waals surface area contributed by atoms with Crippen molar-refractivity contribution in [1.29, 1.82) is 0 Å². The van der Waals surface area contributed by atoms with Crippen LogP contribution in [0.3, 0.4) is 0 Å². The van der Waals surface area contributed by atoms with E-state index < -0.39 is 0 Å². The molecule has 3 heterocycles. The molecule has 0 bridgehead atoms. The number of fused-ring (bicyclic) bond motifs is 1. The molecule has 0 radical (unpaired) electrons. The Labute approximate surface area is 131 Å². The van der Waals surface area contributed by atoms with E-state index in [-0.39, 0.29) is 36.8 Å². The Morgan fingerprint density at radius 3 is 2.80 bits per heavy atom. The summed E-state index contributed by atoms with van der Waals surface area (Å²) < 4.78 is 1.74. The highest BCUT2D eigenvalue weighted by Crippen LogP contribution is 2.27. The average molecular weight is 321 g/mol. The third-order valence-corrected chi connectivity index (χ3v) is 4.30. The maximum absolute atomic E-state index is 12.4. The number of carbonyl (C=O) groups is 1. The van der Waals surface area contributed by atoms with Crippen LogP contribution in [0.4, 0.5) is 0 Å². The van der Waals surface area contributed by atoms with Crippen molar-refractivity contribution < 1.29 is 4.79 Å². The summed E-state index contributed by atoms with van der Waals surface area (Å²) in [6.07, 6.45) is 4.71. The van der Waals surface area contributed by atoms with Crippen LogP contribution >= 0.6 is 24.8 Å². The van der Waals surface area contributed by atoms with Gasteiger partial charge in [0.2, 0.25) is 5.91 Å². The number of hydrogen-bond acceptors (Lipinski definition) is 3. The lowest BCUT2D eigenvalue weighted by Crippen LogP contribution is -2.45. The van der Waals surface area contributed by atoms with Gasteiger partial charge in [0.05, 0.1) is 0 Å². The second kappa shape index (κ2) is 7.29. The van der Waals surface area contributed by atoms with Crippen LogP contribution in [0.25, 0.3) is 0 Å². The van der Waals surface area contributed by atoms with E-state index in [1.165, 1.54) is 0 Å². The molecule has 3 unspecified atom stereocenters. The van der Waals surface area contributed by atoms with Gasteiger partial charge in [0.25, 0.3) is 0 Å². The van der Waals surface area contributed by atoms with E-state index in [2.05, 4.69) is 10.4 Å². The fourth-order valence-corrected chi connectivity index (χ4v) is 3.12. The Bertz CT molecular complexity index is 426. The van der Waals surface area contributed by atoms with Crippen LogP contribution in [0, 0.1) is 11.8 Å². The summed E-state index contributed by atoms with van der Waals surface area (Å²) in [4.78, 5) is 14.4. The summed E-state index contributed by atoms with van der Waals surface area (Å²) in [5.74, 6) is 1.62. The van der Waals surface area contributed by atoms with Crippen LogP contribution in [-0.2, 0) is 4.79 Å². The van der Waals surface area contributed by atoms with Gasteiger partial charge in [0, 0.05) is 25.5 Å². The first-order chi connectivity index (χ1) is 8.75. The Hall–Kier alpha value is -0.780. The molecule has 1 amide bonds. The fourth-order valence-electron chi connectivity index (χ4n) is 3.12. The van der Waals surface area contributed by atoms with Crippen LogP contribution in [0.15, 0.2) is 18.5 Å². The predicted octanol–water partition coefficient (Wildman–Crippen LogP) is 1.36. The maximum Gasteiger partial charge on any atom is 0.247 e. The van der Waals surface area contributed by atoms with Gasteiger partial charge in [-0.15, -0.1) is 24.8 Å². The van der Waals surface area contributed by atoms with Gasteiger partial charge in [-0.05, 0) is 44.3 Å². The monoisotopic (exact) mass is 320 g/mol. The molecule has 0 aliphatic carbocycles. The van der Waals surface area contributed by atoms with Gasteiger partial charge in [0.1, 0.15) is 6.04 Å². The summed E-state index contributed by atoms with van der Waals surface area (Å²) in [5, 5.41) is 7.58. The molecule has 0 spiro atoms. The number of hydrogen-bond donors (Lipinski definition) is 1. The number of carbonyl (C=O) groups excluding carboxylic acids is 1. The van der Waals surface area contributed by atoms with E-state index in [1.807, 2.05) is 24.1 Å². The summed E-state index contributed by atoms with van der Waals surface area (Å²) in [6.45, 7) is 5.91. The average Bonchev–Trinajstić information content (AvgIpc) is 3.06. The standard InChI is InChI=1S/C13H20N4O.2ClH/c1-10(17-5-2-4-15-17)13(18)16-6-3-11-7-14-8-12(11)9-16;;/h2,4-5,10-12,14H,3,6-9H2,1H3;2*1H. The number of aromatic nitrogens is 2. The normalized spacial score (nSPS) is 26.1. The van der Waals surface area contributed by atoms with Crippen LogP contribution in [0.5, 0.6) is 0 Å². The summed E-state index contributed by atoms with van der Waals surface area (Å²) in [5.41, 5.74) is 0. The summed E-state index contributed by atoms with van der Waals surface area (Å²) in [7, 11) is 0. The Morgan fingerprint density at radius 2 is 2.10 bits per heavy atom. The number of nitrogens with zero attached hydrogens (tertiary/aromatic N) is 3. The fraction of sp³-hybridized carbons (Fsp3) is 0.692. The number of rotatable bonds is 2. The van der Waals surface area contributed by atoms with E-state index in [4.69, 9.17) is 0 Å². The highest BCUT2D eigenvalue weighted by atomic mass is 35.5. The third-order valence-electron chi connectivity index (χ3n) is 4.30. The smallest absolute Gasteiger partial charge is 0.247 e. The first-order valence-corrected chi connectivity index (χ1v) is 6.74. The van der Waals surface area contributed by atoms with Gasteiger partial charge < -0.3 is 10.2 Å². The van der Waals surface area contributed by atoms with Crippen LogP contribution < -0.4 is 5.32 Å².